The van der Waals surface area contributed by atoms with Gasteiger partial charge in [-0.15, -0.1) is 0 Å². The van der Waals surface area contributed by atoms with E-state index in [-0.39, 0.29) is 6.04 Å². The van der Waals surface area contributed by atoms with Gasteiger partial charge in [0.25, 0.3) is 0 Å². The number of rotatable bonds is 5. The highest BCUT2D eigenvalue weighted by Gasteiger charge is 2.14. The van der Waals surface area contributed by atoms with Gasteiger partial charge in [-0.2, -0.15) is 0 Å². The van der Waals surface area contributed by atoms with Crippen molar-refractivity contribution in [3.05, 3.63) is 52.5 Å². The van der Waals surface area contributed by atoms with E-state index >= 15 is 0 Å². The van der Waals surface area contributed by atoms with Crippen LogP contribution in [0.5, 0.6) is 11.5 Å². The van der Waals surface area contributed by atoms with E-state index in [1.54, 1.807) is 14.2 Å². The van der Waals surface area contributed by atoms with Crippen molar-refractivity contribution in [2.75, 3.05) is 19.5 Å². The molecule has 2 aromatic carbocycles. The predicted molar refractivity (Wildman–Crippen MR) is 87.8 cm³/mol. The zero-order chi connectivity index (χ0) is 15.4. The second-order valence-corrected chi connectivity index (χ2v) is 5.29. The molecule has 0 bridgehead atoms. The molecule has 2 aromatic rings. The van der Waals surface area contributed by atoms with Gasteiger partial charge in [0.2, 0.25) is 0 Å². The second-order valence-electron chi connectivity index (χ2n) is 4.89. The van der Waals surface area contributed by atoms with Gasteiger partial charge in [0.1, 0.15) is 11.5 Å². The first-order valence-electron chi connectivity index (χ1n) is 6.80. The maximum Gasteiger partial charge on any atom is 0.124 e. The highest BCUT2D eigenvalue weighted by molar-refractivity contribution is 6.31. The van der Waals surface area contributed by atoms with Gasteiger partial charge in [-0.1, -0.05) is 17.7 Å². The van der Waals surface area contributed by atoms with E-state index < -0.39 is 0 Å². The number of anilines is 1. The molecule has 0 heterocycles. The van der Waals surface area contributed by atoms with Crippen molar-refractivity contribution in [3.63, 3.8) is 0 Å². The van der Waals surface area contributed by atoms with E-state index in [1.165, 1.54) is 0 Å². The van der Waals surface area contributed by atoms with E-state index in [0.717, 1.165) is 33.3 Å². The van der Waals surface area contributed by atoms with Crippen LogP contribution in [0.25, 0.3) is 0 Å². The molecule has 0 saturated carbocycles. The van der Waals surface area contributed by atoms with Crippen LogP contribution in [-0.4, -0.2) is 14.2 Å². The molecule has 1 N–H and O–H groups in total. The Hall–Kier alpha value is -1.87. The third-order valence-corrected chi connectivity index (χ3v) is 3.95. The van der Waals surface area contributed by atoms with E-state index in [1.807, 2.05) is 43.3 Å². The molecule has 0 fully saturated rings. The summed E-state index contributed by atoms with van der Waals surface area (Å²) >= 11 is 6.16. The van der Waals surface area contributed by atoms with Gasteiger partial charge in [-0.25, -0.2) is 0 Å². The third kappa shape index (κ3) is 3.42. The normalized spacial score (nSPS) is 11.9. The Labute approximate surface area is 130 Å². The van der Waals surface area contributed by atoms with Crippen LogP contribution in [0.2, 0.25) is 5.02 Å². The predicted octanol–water partition coefficient (Wildman–Crippen LogP) is 4.84. The lowest BCUT2D eigenvalue weighted by Crippen LogP contribution is -2.09. The average molecular weight is 306 g/mol. The van der Waals surface area contributed by atoms with E-state index in [4.69, 9.17) is 21.1 Å². The van der Waals surface area contributed by atoms with Crippen molar-refractivity contribution >= 4 is 17.3 Å². The lowest BCUT2D eigenvalue weighted by molar-refractivity contribution is 0.397. The Bertz CT molecular complexity index is 628. The zero-order valence-electron chi connectivity index (χ0n) is 12.7. The van der Waals surface area contributed by atoms with Crippen molar-refractivity contribution in [3.8, 4) is 11.5 Å². The molecule has 112 valence electrons. The molecule has 1 unspecified atom stereocenters. The second kappa shape index (κ2) is 6.72. The maximum atomic E-state index is 6.16. The fourth-order valence-electron chi connectivity index (χ4n) is 2.25. The molecule has 0 aliphatic heterocycles. The van der Waals surface area contributed by atoms with Crippen molar-refractivity contribution < 1.29 is 9.47 Å². The van der Waals surface area contributed by atoms with E-state index in [2.05, 4.69) is 12.2 Å². The summed E-state index contributed by atoms with van der Waals surface area (Å²) in [6.07, 6.45) is 0. The molecular weight excluding hydrogens is 286 g/mol. The summed E-state index contributed by atoms with van der Waals surface area (Å²) in [7, 11) is 3.33. The molecule has 0 saturated heterocycles. The minimum Gasteiger partial charge on any atom is -0.497 e. The first-order valence-corrected chi connectivity index (χ1v) is 7.18. The first kappa shape index (κ1) is 15.5. The van der Waals surface area contributed by atoms with Crippen LogP contribution in [0.4, 0.5) is 5.69 Å². The smallest absolute Gasteiger partial charge is 0.124 e. The Morgan fingerprint density at radius 1 is 1.10 bits per heavy atom. The van der Waals surface area contributed by atoms with Crippen molar-refractivity contribution in [1.82, 2.24) is 0 Å². The van der Waals surface area contributed by atoms with Crippen LogP contribution in [0.15, 0.2) is 36.4 Å². The number of ether oxygens (including phenoxy) is 2. The Kier molecular flexibility index (Phi) is 4.97. The van der Waals surface area contributed by atoms with Crippen LogP contribution >= 0.6 is 11.6 Å². The summed E-state index contributed by atoms with van der Waals surface area (Å²) in [5.74, 6) is 1.64. The summed E-state index contributed by atoms with van der Waals surface area (Å²) in [6, 6.07) is 11.7. The van der Waals surface area contributed by atoms with E-state index in [0.29, 0.717) is 0 Å². The molecule has 3 nitrogen and oxygen atoms in total. The summed E-state index contributed by atoms with van der Waals surface area (Å²) in [4.78, 5) is 0. The molecule has 0 aromatic heterocycles. The lowest BCUT2D eigenvalue weighted by Gasteiger charge is -2.20. The molecule has 1 atom stereocenters. The minimum absolute atomic E-state index is 0.0622. The van der Waals surface area contributed by atoms with Gasteiger partial charge < -0.3 is 14.8 Å². The topological polar surface area (TPSA) is 30.5 Å². The molecule has 0 aliphatic rings. The van der Waals surface area contributed by atoms with Crippen molar-refractivity contribution in [1.29, 1.82) is 0 Å². The number of hydrogen-bond acceptors (Lipinski definition) is 3. The first-order chi connectivity index (χ1) is 10.1. The van der Waals surface area contributed by atoms with Gasteiger partial charge in [0, 0.05) is 16.3 Å². The molecule has 4 heteroatoms. The van der Waals surface area contributed by atoms with Gasteiger partial charge in [0.15, 0.2) is 0 Å². The monoisotopic (exact) mass is 305 g/mol. The van der Waals surface area contributed by atoms with E-state index in [9.17, 15) is 0 Å². The summed E-state index contributed by atoms with van der Waals surface area (Å²) < 4.78 is 10.7. The average Bonchev–Trinajstić information content (AvgIpc) is 2.51. The van der Waals surface area contributed by atoms with Crippen LogP contribution < -0.4 is 14.8 Å². The fourth-order valence-corrected chi connectivity index (χ4v) is 2.43. The number of methoxy groups -OCH3 is 2. The number of benzene rings is 2. The van der Waals surface area contributed by atoms with Crippen LogP contribution in [0.1, 0.15) is 24.1 Å². The fraction of sp³-hybridized carbons (Fsp3) is 0.294. The summed E-state index contributed by atoms with van der Waals surface area (Å²) in [5.41, 5.74) is 3.09. The summed E-state index contributed by atoms with van der Waals surface area (Å²) in [6.45, 7) is 4.08. The van der Waals surface area contributed by atoms with Crippen molar-refractivity contribution in [2.24, 2.45) is 0 Å². The van der Waals surface area contributed by atoms with Gasteiger partial charge in [-0.3, -0.25) is 0 Å². The Morgan fingerprint density at radius 3 is 2.52 bits per heavy atom. The standard InChI is InChI=1S/C17H20ClNO2/c1-11-15(18)6-5-7-16(11)19-12(2)14-10-13(20-3)8-9-17(14)21-4/h5-10,12,19H,1-4H3. The molecule has 0 radical (unpaired) electrons. The molecule has 0 spiro atoms. The highest BCUT2D eigenvalue weighted by Crippen LogP contribution is 2.33. The number of nitrogens with one attached hydrogen (secondary N) is 1. The number of hydrogen-bond donors (Lipinski definition) is 1. The van der Waals surface area contributed by atoms with Crippen LogP contribution in [-0.2, 0) is 0 Å². The SMILES string of the molecule is COc1ccc(OC)c(C(C)Nc2cccc(Cl)c2C)c1. The molecular formula is C17H20ClNO2. The maximum absolute atomic E-state index is 6.16. The Balaban J connectivity index is 2.31. The quantitative estimate of drug-likeness (QED) is 0.857. The molecule has 21 heavy (non-hydrogen) atoms. The molecule has 2 rings (SSSR count). The van der Waals surface area contributed by atoms with Crippen LogP contribution in [0.3, 0.4) is 0 Å². The lowest BCUT2D eigenvalue weighted by atomic mass is 10.1. The zero-order valence-corrected chi connectivity index (χ0v) is 13.5. The third-order valence-electron chi connectivity index (χ3n) is 3.54. The van der Waals surface area contributed by atoms with Gasteiger partial charge in [0.05, 0.1) is 20.3 Å². The number of halogens is 1. The van der Waals surface area contributed by atoms with Gasteiger partial charge in [-0.05, 0) is 49.7 Å². The highest BCUT2D eigenvalue weighted by atomic mass is 35.5. The van der Waals surface area contributed by atoms with Crippen molar-refractivity contribution in [2.45, 2.75) is 19.9 Å². The summed E-state index contributed by atoms with van der Waals surface area (Å²) in [5, 5.41) is 4.23. The molecule has 0 amide bonds. The largest absolute Gasteiger partial charge is 0.497 e. The molecule has 0 aliphatic carbocycles. The van der Waals surface area contributed by atoms with Crippen LogP contribution in [0, 0.1) is 6.92 Å². The Morgan fingerprint density at radius 2 is 1.86 bits per heavy atom. The minimum atomic E-state index is 0.0622. The van der Waals surface area contributed by atoms with Gasteiger partial charge >= 0.3 is 0 Å².